The molecule has 7 nitrogen and oxygen atoms in total. The Bertz CT molecular complexity index is 768. The lowest BCUT2D eigenvalue weighted by atomic mass is 9.97. The van der Waals surface area contributed by atoms with Gasteiger partial charge >= 0.3 is 6.03 Å². The first-order valence-electron chi connectivity index (χ1n) is 9.92. The third-order valence-corrected chi connectivity index (χ3v) is 5.66. The maximum atomic E-state index is 12.6. The highest BCUT2D eigenvalue weighted by molar-refractivity contribution is 5.89. The minimum absolute atomic E-state index is 0.0367. The Morgan fingerprint density at radius 2 is 1.89 bits per heavy atom. The number of carbonyl (C=O) groups is 1. The second-order valence-corrected chi connectivity index (χ2v) is 7.60. The molecule has 1 atom stereocenters. The van der Waals surface area contributed by atoms with Crippen molar-refractivity contribution in [2.75, 3.05) is 31.5 Å². The van der Waals surface area contributed by atoms with Crippen molar-refractivity contribution in [1.82, 2.24) is 24.6 Å². The van der Waals surface area contributed by atoms with Crippen molar-refractivity contribution in [2.45, 2.75) is 38.1 Å². The third kappa shape index (κ3) is 4.13. The van der Waals surface area contributed by atoms with E-state index in [1.165, 1.54) is 12.8 Å². The first-order valence-corrected chi connectivity index (χ1v) is 9.92. The molecular weight excluding hydrogens is 340 g/mol. The number of urea groups is 1. The van der Waals surface area contributed by atoms with Gasteiger partial charge in [-0.2, -0.15) is 0 Å². The van der Waals surface area contributed by atoms with Crippen LogP contribution in [0.2, 0.25) is 0 Å². The Morgan fingerprint density at radius 3 is 2.67 bits per heavy atom. The quantitative estimate of drug-likeness (QED) is 0.901. The Balaban J connectivity index is 1.40. The number of likely N-dealkylation sites (tertiary alicyclic amines) is 2. The molecule has 2 fully saturated rings. The minimum Gasteiger partial charge on any atom is -0.324 e. The van der Waals surface area contributed by atoms with Crippen molar-refractivity contribution in [2.24, 2.45) is 7.05 Å². The molecule has 2 aliphatic heterocycles. The van der Waals surface area contributed by atoms with E-state index in [1.54, 1.807) is 0 Å². The van der Waals surface area contributed by atoms with E-state index >= 15 is 0 Å². The molecule has 1 N–H and O–H groups in total. The van der Waals surface area contributed by atoms with E-state index in [2.05, 4.69) is 32.0 Å². The molecule has 27 heavy (non-hydrogen) atoms. The van der Waals surface area contributed by atoms with Gasteiger partial charge in [0, 0.05) is 31.7 Å². The highest BCUT2D eigenvalue weighted by Gasteiger charge is 2.29. The molecule has 1 aromatic heterocycles. The summed E-state index contributed by atoms with van der Waals surface area (Å²) in [6.07, 6.45) is 4.59. The van der Waals surface area contributed by atoms with Crippen molar-refractivity contribution < 1.29 is 4.79 Å². The maximum absolute atomic E-state index is 12.6. The normalized spacial score (nSPS) is 20.8. The number of anilines is 1. The summed E-state index contributed by atoms with van der Waals surface area (Å²) in [6.45, 7) is 4.65. The van der Waals surface area contributed by atoms with Gasteiger partial charge in [0.25, 0.3) is 0 Å². The summed E-state index contributed by atoms with van der Waals surface area (Å²) in [5.41, 5.74) is 0.830. The van der Waals surface area contributed by atoms with Gasteiger partial charge in [0.1, 0.15) is 11.6 Å². The molecule has 2 aliphatic rings. The number of nitrogens with zero attached hydrogens (tertiary/aromatic N) is 5. The first-order chi connectivity index (χ1) is 13.2. The van der Waals surface area contributed by atoms with Gasteiger partial charge in [-0.1, -0.05) is 18.2 Å². The number of hydrogen-bond acceptors (Lipinski definition) is 4. The van der Waals surface area contributed by atoms with Crippen molar-refractivity contribution in [3.8, 4) is 0 Å². The summed E-state index contributed by atoms with van der Waals surface area (Å²) >= 11 is 0. The minimum atomic E-state index is -0.0367. The highest BCUT2D eigenvalue weighted by atomic mass is 16.2. The molecule has 0 bridgehead atoms. The Kier molecular flexibility index (Phi) is 5.38. The smallest absolute Gasteiger partial charge is 0.321 e. The molecule has 0 unspecified atom stereocenters. The Labute approximate surface area is 160 Å². The van der Waals surface area contributed by atoms with Crippen LogP contribution >= 0.6 is 0 Å². The molecular formula is C20H28N6O. The number of nitrogens with one attached hydrogen (secondary N) is 1. The monoisotopic (exact) mass is 368 g/mol. The fourth-order valence-corrected chi connectivity index (χ4v) is 4.11. The summed E-state index contributed by atoms with van der Waals surface area (Å²) in [7, 11) is 2.06. The van der Waals surface area contributed by atoms with Crippen molar-refractivity contribution in [3.63, 3.8) is 0 Å². The number of piperidine rings is 1. The van der Waals surface area contributed by atoms with Crippen LogP contribution in [0.25, 0.3) is 0 Å². The van der Waals surface area contributed by atoms with E-state index in [4.69, 9.17) is 0 Å². The molecule has 0 aliphatic carbocycles. The van der Waals surface area contributed by atoms with E-state index in [1.807, 2.05) is 35.2 Å². The lowest BCUT2D eigenvalue weighted by Crippen LogP contribution is -2.42. The van der Waals surface area contributed by atoms with E-state index in [0.717, 1.165) is 56.4 Å². The zero-order valence-corrected chi connectivity index (χ0v) is 16.0. The van der Waals surface area contributed by atoms with E-state index in [9.17, 15) is 4.79 Å². The SMILES string of the molecule is Cn1c(CN2CCCC2)nnc1[C@@H]1CCCN(C(=O)Nc2ccccc2)C1. The number of aromatic nitrogens is 3. The molecule has 144 valence electrons. The summed E-state index contributed by atoms with van der Waals surface area (Å²) in [5, 5.41) is 11.9. The second kappa shape index (κ2) is 8.08. The summed E-state index contributed by atoms with van der Waals surface area (Å²) in [4.78, 5) is 17.0. The van der Waals surface area contributed by atoms with Gasteiger partial charge in [0.15, 0.2) is 0 Å². The van der Waals surface area contributed by atoms with Gasteiger partial charge in [-0.15, -0.1) is 10.2 Å². The predicted molar refractivity (Wildman–Crippen MR) is 105 cm³/mol. The third-order valence-electron chi connectivity index (χ3n) is 5.66. The van der Waals surface area contributed by atoms with E-state index < -0.39 is 0 Å². The number of amides is 2. The van der Waals surface area contributed by atoms with Crippen LogP contribution in [0.4, 0.5) is 10.5 Å². The summed E-state index contributed by atoms with van der Waals surface area (Å²) < 4.78 is 2.14. The lowest BCUT2D eigenvalue weighted by Gasteiger charge is -2.32. The largest absolute Gasteiger partial charge is 0.324 e. The summed E-state index contributed by atoms with van der Waals surface area (Å²) in [6, 6.07) is 9.58. The van der Waals surface area contributed by atoms with E-state index in [0.29, 0.717) is 6.54 Å². The number of carbonyl (C=O) groups excluding carboxylic acids is 1. The molecule has 7 heteroatoms. The molecule has 2 amide bonds. The molecule has 3 heterocycles. The van der Waals surface area contributed by atoms with Crippen LogP contribution in [0, 0.1) is 0 Å². The average Bonchev–Trinajstić information content (AvgIpc) is 3.33. The van der Waals surface area contributed by atoms with Crippen LogP contribution in [0.5, 0.6) is 0 Å². The fraction of sp³-hybridized carbons (Fsp3) is 0.550. The van der Waals surface area contributed by atoms with Crippen molar-refractivity contribution in [1.29, 1.82) is 0 Å². The first kappa shape index (κ1) is 18.0. The average molecular weight is 368 g/mol. The fourth-order valence-electron chi connectivity index (χ4n) is 4.11. The topological polar surface area (TPSA) is 66.3 Å². The standard InChI is InChI=1S/C20H28N6O/c1-24-18(15-25-11-5-6-12-25)22-23-19(24)16-8-7-13-26(14-16)20(27)21-17-9-3-2-4-10-17/h2-4,9-10,16H,5-8,11-15H2,1H3,(H,21,27)/t16-/m1/s1. The molecule has 2 aromatic rings. The van der Waals surface area contributed by atoms with Gasteiger partial charge in [-0.3, -0.25) is 4.90 Å². The van der Waals surface area contributed by atoms with Gasteiger partial charge in [-0.25, -0.2) is 4.79 Å². The molecule has 0 spiro atoms. The lowest BCUT2D eigenvalue weighted by molar-refractivity contribution is 0.190. The molecule has 0 radical (unpaired) electrons. The van der Waals surface area contributed by atoms with E-state index in [-0.39, 0.29) is 11.9 Å². The van der Waals surface area contributed by atoms with Crippen LogP contribution < -0.4 is 5.32 Å². The maximum Gasteiger partial charge on any atom is 0.321 e. The predicted octanol–water partition coefficient (Wildman–Crippen LogP) is 2.82. The van der Waals surface area contributed by atoms with Gasteiger partial charge in [-0.05, 0) is 50.9 Å². The Morgan fingerprint density at radius 1 is 1.11 bits per heavy atom. The van der Waals surface area contributed by atoms with Crippen molar-refractivity contribution >= 4 is 11.7 Å². The number of benzene rings is 1. The molecule has 1 aromatic carbocycles. The van der Waals surface area contributed by atoms with Crippen LogP contribution in [-0.2, 0) is 13.6 Å². The Hall–Kier alpha value is -2.41. The molecule has 2 saturated heterocycles. The van der Waals surface area contributed by atoms with Gasteiger partial charge in [0.2, 0.25) is 0 Å². The van der Waals surface area contributed by atoms with Crippen LogP contribution in [0.3, 0.4) is 0 Å². The second-order valence-electron chi connectivity index (χ2n) is 7.60. The molecule has 4 rings (SSSR count). The van der Waals surface area contributed by atoms with Crippen LogP contribution in [-0.4, -0.2) is 56.8 Å². The van der Waals surface area contributed by atoms with Gasteiger partial charge < -0.3 is 14.8 Å². The van der Waals surface area contributed by atoms with Gasteiger partial charge in [0.05, 0.1) is 6.54 Å². The number of hydrogen-bond donors (Lipinski definition) is 1. The highest BCUT2D eigenvalue weighted by Crippen LogP contribution is 2.26. The molecule has 0 saturated carbocycles. The zero-order valence-electron chi connectivity index (χ0n) is 16.0. The number of para-hydroxylation sites is 1. The van der Waals surface area contributed by atoms with Crippen LogP contribution in [0.1, 0.15) is 43.3 Å². The van der Waals surface area contributed by atoms with Crippen LogP contribution in [0.15, 0.2) is 30.3 Å². The summed E-state index contributed by atoms with van der Waals surface area (Å²) in [5.74, 6) is 2.27. The van der Waals surface area contributed by atoms with Crippen molar-refractivity contribution in [3.05, 3.63) is 42.0 Å². The zero-order chi connectivity index (χ0) is 18.6. The number of rotatable bonds is 4.